The molecule has 8 heteroatoms. The second kappa shape index (κ2) is 12.9. The van der Waals surface area contributed by atoms with Gasteiger partial charge in [-0.15, -0.1) is 0 Å². The summed E-state index contributed by atoms with van der Waals surface area (Å²) in [5.74, 6) is -0.648. The first-order valence-corrected chi connectivity index (χ1v) is 15.3. The smallest absolute Gasteiger partial charge is 0.244 e. The maximum atomic E-state index is 14.1. The van der Waals surface area contributed by atoms with E-state index in [1.54, 1.807) is 35.2 Å². The van der Waals surface area contributed by atoms with Crippen LogP contribution in [-0.4, -0.2) is 50.0 Å². The molecule has 0 aromatic heterocycles. The molecule has 3 aromatic rings. The summed E-state index contributed by atoms with van der Waals surface area (Å²) >= 11 is 0. The molecule has 39 heavy (non-hydrogen) atoms. The Labute approximate surface area is 231 Å². The van der Waals surface area contributed by atoms with Crippen molar-refractivity contribution < 1.29 is 18.0 Å². The van der Waals surface area contributed by atoms with Crippen LogP contribution in [0.2, 0.25) is 0 Å². The molecular weight excluding hydrogens is 510 g/mol. The predicted molar refractivity (Wildman–Crippen MR) is 155 cm³/mol. The molecule has 1 aliphatic rings. The zero-order valence-electron chi connectivity index (χ0n) is 22.6. The Hall–Kier alpha value is -3.65. The summed E-state index contributed by atoms with van der Waals surface area (Å²) in [5.41, 5.74) is 3.24. The van der Waals surface area contributed by atoms with Crippen molar-refractivity contribution in [3.05, 3.63) is 102 Å². The monoisotopic (exact) mass is 547 g/mol. The van der Waals surface area contributed by atoms with Crippen LogP contribution >= 0.6 is 0 Å². The number of nitrogens with one attached hydrogen (secondary N) is 1. The fourth-order valence-corrected chi connectivity index (χ4v) is 5.99. The molecule has 3 aromatic carbocycles. The number of para-hydroxylation sites is 1. The SMILES string of the molecule is Cc1cccc(CN(C(=O)CN(c2ccccc2)S(C)(=O)=O)[C@H](Cc2ccccc2)C(=O)NC2CCCC2)c1. The van der Waals surface area contributed by atoms with Crippen molar-refractivity contribution in [2.24, 2.45) is 0 Å². The lowest BCUT2D eigenvalue weighted by molar-refractivity contribution is -0.140. The average Bonchev–Trinajstić information content (AvgIpc) is 3.42. The number of amides is 2. The highest BCUT2D eigenvalue weighted by Crippen LogP contribution is 2.22. The molecule has 0 radical (unpaired) electrons. The van der Waals surface area contributed by atoms with E-state index in [9.17, 15) is 18.0 Å². The third kappa shape index (κ3) is 7.93. The van der Waals surface area contributed by atoms with Crippen molar-refractivity contribution in [1.29, 1.82) is 0 Å². The molecule has 0 bridgehead atoms. The number of rotatable bonds is 11. The highest BCUT2D eigenvalue weighted by molar-refractivity contribution is 7.92. The molecule has 0 aliphatic heterocycles. The fourth-order valence-electron chi connectivity index (χ4n) is 5.14. The van der Waals surface area contributed by atoms with Gasteiger partial charge in [-0.05, 0) is 43.0 Å². The van der Waals surface area contributed by atoms with Gasteiger partial charge in [0, 0.05) is 19.0 Å². The zero-order valence-corrected chi connectivity index (χ0v) is 23.4. The number of carbonyl (C=O) groups excluding carboxylic acids is 2. The van der Waals surface area contributed by atoms with Crippen molar-refractivity contribution in [2.45, 2.75) is 57.7 Å². The molecule has 0 heterocycles. The van der Waals surface area contributed by atoms with E-state index in [0.717, 1.165) is 52.9 Å². The van der Waals surface area contributed by atoms with Gasteiger partial charge in [0.05, 0.1) is 11.9 Å². The molecule has 0 saturated heterocycles. The molecule has 1 saturated carbocycles. The first kappa shape index (κ1) is 28.4. The van der Waals surface area contributed by atoms with Gasteiger partial charge in [-0.3, -0.25) is 13.9 Å². The van der Waals surface area contributed by atoms with Gasteiger partial charge in [0.15, 0.2) is 0 Å². The van der Waals surface area contributed by atoms with Gasteiger partial charge in [0.2, 0.25) is 21.8 Å². The largest absolute Gasteiger partial charge is 0.352 e. The Morgan fingerprint density at radius 2 is 1.51 bits per heavy atom. The lowest BCUT2D eigenvalue weighted by Gasteiger charge is -2.34. The van der Waals surface area contributed by atoms with Crippen molar-refractivity contribution in [1.82, 2.24) is 10.2 Å². The van der Waals surface area contributed by atoms with Gasteiger partial charge >= 0.3 is 0 Å². The van der Waals surface area contributed by atoms with Crippen LogP contribution in [0.1, 0.15) is 42.4 Å². The van der Waals surface area contributed by atoms with Gasteiger partial charge < -0.3 is 10.2 Å². The van der Waals surface area contributed by atoms with Gasteiger partial charge in [-0.2, -0.15) is 0 Å². The standard InChI is InChI=1S/C31H37N3O4S/c1-24-12-11-15-26(20-24)22-33(30(35)23-34(39(2,37)38)28-18-7-4-8-19-28)29(21-25-13-5-3-6-14-25)31(36)32-27-16-9-10-17-27/h3-8,11-15,18-20,27,29H,9-10,16-17,21-23H2,1-2H3,(H,32,36)/t29-/m1/s1. The van der Waals surface area contributed by atoms with Crippen molar-refractivity contribution in [3.63, 3.8) is 0 Å². The van der Waals surface area contributed by atoms with Crippen LogP contribution in [0.3, 0.4) is 0 Å². The Kier molecular flexibility index (Phi) is 9.41. The third-order valence-corrected chi connectivity index (χ3v) is 8.27. The first-order chi connectivity index (χ1) is 18.7. The minimum absolute atomic E-state index is 0.0866. The predicted octanol–water partition coefficient (Wildman–Crippen LogP) is 4.46. The second-order valence-electron chi connectivity index (χ2n) is 10.3. The van der Waals surface area contributed by atoms with Crippen LogP contribution in [0, 0.1) is 6.92 Å². The summed E-state index contributed by atoms with van der Waals surface area (Å²) in [7, 11) is -3.76. The second-order valence-corrected chi connectivity index (χ2v) is 12.2. The quantitative estimate of drug-likeness (QED) is 0.384. The topological polar surface area (TPSA) is 86.8 Å². The summed E-state index contributed by atoms with van der Waals surface area (Å²) < 4.78 is 26.7. The summed E-state index contributed by atoms with van der Waals surface area (Å²) in [5, 5.41) is 3.18. The molecule has 4 rings (SSSR count). The molecule has 1 aliphatic carbocycles. The molecule has 206 valence electrons. The Morgan fingerprint density at radius 1 is 0.897 bits per heavy atom. The number of aryl methyl sites for hydroxylation is 1. The minimum Gasteiger partial charge on any atom is -0.352 e. The Morgan fingerprint density at radius 3 is 2.13 bits per heavy atom. The number of benzene rings is 3. The lowest BCUT2D eigenvalue weighted by Crippen LogP contribution is -2.54. The van der Waals surface area contributed by atoms with E-state index in [4.69, 9.17) is 0 Å². The summed E-state index contributed by atoms with van der Waals surface area (Å²) in [4.78, 5) is 29.4. The number of hydrogen-bond donors (Lipinski definition) is 1. The van der Waals surface area contributed by atoms with Crippen LogP contribution in [0.5, 0.6) is 0 Å². The van der Waals surface area contributed by atoms with E-state index < -0.39 is 28.5 Å². The highest BCUT2D eigenvalue weighted by Gasteiger charge is 2.34. The number of sulfonamides is 1. The van der Waals surface area contributed by atoms with E-state index in [0.29, 0.717) is 12.1 Å². The number of nitrogens with zero attached hydrogens (tertiary/aromatic N) is 2. The van der Waals surface area contributed by atoms with Gasteiger partial charge in [0.1, 0.15) is 12.6 Å². The van der Waals surface area contributed by atoms with E-state index in [2.05, 4.69) is 5.32 Å². The molecule has 0 unspecified atom stereocenters. The summed E-state index contributed by atoms with van der Waals surface area (Å²) in [6.07, 6.45) is 5.39. The maximum absolute atomic E-state index is 14.1. The molecule has 1 fully saturated rings. The summed E-state index contributed by atoms with van der Waals surface area (Å²) in [6.45, 7) is 1.75. The van der Waals surface area contributed by atoms with Crippen molar-refractivity contribution in [3.8, 4) is 0 Å². The molecule has 2 amide bonds. The van der Waals surface area contributed by atoms with Gasteiger partial charge in [-0.25, -0.2) is 8.42 Å². The van der Waals surface area contributed by atoms with E-state index >= 15 is 0 Å². The summed E-state index contributed by atoms with van der Waals surface area (Å²) in [6, 6.07) is 25.3. The van der Waals surface area contributed by atoms with Crippen LogP contribution in [0.25, 0.3) is 0 Å². The van der Waals surface area contributed by atoms with Crippen molar-refractivity contribution in [2.75, 3.05) is 17.1 Å². The third-order valence-electron chi connectivity index (χ3n) is 7.13. The first-order valence-electron chi connectivity index (χ1n) is 13.4. The molecule has 0 spiro atoms. The minimum atomic E-state index is -3.76. The Balaban J connectivity index is 1.71. The number of hydrogen-bond acceptors (Lipinski definition) is 4. The van der Waals surface area contributed by atoms with Crippen LogP contribution in [0.15, 0.2) is 84.9 Å². The average molecular weight is 548 g/mol. The zero-order chi connectivity index (χ0) is 27.8. The van der Waals surface area contributed by atoms with E-state index in [1.165, 1.54) is 0 Å². The van der Waals surface area contributed by atoms with Crippen LogP contribution in [-0.2, 0) is 32.6 Å². The highest BCUT2D eigenvalue weighted by atomic mass is 32.2. The van der Waals surface area contributed by atoms with Crippen LogP contribution in [0.4, 0.5) is 5.69 Å². The van der Waals surface area contributed by atoms with E-state index in [1.807, 2.05) is 61.5 Å². The van der Waals surface area contributed by atoms with E-state index in [-0.39, 0.29) is 18.5 Å². The lowest BCUT2D eigenvalue weighted by atomic mass is 10.0. The normalized spacial score (nSPS) is 14.5. The van der Waals surface area contributed by atoms with Crippen LogP contribution < -0.4 is 9.62 Å². The molecular formula is C31H37N3O4S. The molecule has 7 nitrogen and oxygen atoms in total. The fraction of sp³-hybridized carbons (Fsp3) is 0.355. The van der Waals surface area contributed by atoms with Crippen molar-refractivity contribution >= 4 is 27.5 Å². The molecule has 1 atom stereocenters. The number of carbonyl (C=O) groups is 2. The maximum Gasteiger partial charge on any atom is 0.244 e. The van der Waals surface area contributed by atoms with Gasteiger partial charge in [0.25, 0.3) is 0 Å². The molecule has 1 N–H and O–H groups in total. The number of anilines is 1. The van der Waals surface area contributed by atoms with Gasteiger partial charge in [-0.1, -0.05) is 91.2 Å². The Bertz CT molecular complexity index is 1360.